The van der Waals surface area contributed by atoms with Crippen molar-refractivity contribution in [1.29, 1.82) is 0 Å². The smallest absolute Gasteiger partial charge is 0.122 e. The van der Waals surface area contributed by atoms with E-state index < -0.39 is 6.10 Å². The Morgan fingerprint density at radius 2 is 2.17 bits per heavy atom. The van der Waals surface area contributed by atoms with Gasteiger partial charge < -0.3 is 15.2 Å². The van der Waals surface area contributed by atoms with Crippen LogP contribution in [0.1, 0.15) is 12.5 Å². The van der Waals surface area contributed by atoms with Gasteiger partial charge in [-0.25, -0.2) is 0 Å². The molecule has 1 unspecified atom stereocenters. The largest absolute Gasteiger partial charge is 0.491 e. The Kier molecular flexibility index (Phi) is 9.38. The molecule has 3 nitrogen and oxygen atoms in total. The minimum Gasteiger partial charge on any atom is -0.491 e. The quantitative estimate of drug-likeness (QED) is 0.712. The van der Waals surface area contributed by atoms with Gasteiger partial charge in [0.15, 0.2) is 0 Å². The zero-order valence-corrected chi connectivity index (χ0v) is 11.6. The van der Waals surface area contributed by atoms with Gasteiger partial charge >= 0.3 is 0 Å². The minimum atomic E-state index is -0.480. The van der Waals surface area contributed by atoms with Crippen LogP contribution in [0.25, 0.3) is 0 Å². The summed E-state index contributed by atoms with van der Waals surface area (Å²) >= 11 is 0. The maximum atomic E-state index is 9.65. The number of halogens is 1. The van der Waals surface area contributed by atoms with Gasteiger partial charge in [0.1, 0.15) is 18.5 Å². The predicted octanol–water partition coefficient (Wildman–Crippen LogP) is 2.19. The first-order valence-corrected chi connectivity index (χ1v) is 5.98. The van der Waals surface area contributed by atoms with E-state index in [1.165, 1.54) is 0 Å². The van der Waals surface area contributed by atoms with Crippen molar-refractivity contribution >= 4 is 12.4 Å². The molecule has 1 aromatic rings. The van der Waals surface area contributed by atoms with Gasteiger partial charge in [-0.2, -0.15) is 0 Å². The summed E-state index contributed by atoms with van der Waals surface area (Å²) in [6.07, 6.45) is 2.14. The van der Waals surface area contributed by atoms with Crippen molar-refractivity contribution < 1.29 is 9.84 Å². The highest BCUT2D eigenvalue weighted by Gasteiger charge is 2.06. The van der Waals surface area contributed by atoms with Crippen molar-refractivity contribution in [3.05, 3.63) is 42.5 Å². The van der Waals surface area contributed by atoms with Gasteiger partial charge in [0.05, 0.1) is 0 Å². The summed E-state index contributed by atoms with van der Waals surface area (Å²) in [4.78, 5) is 0. The van der Waals surface area contributed by atoms with Gasteiger partial charge in [0.25, 0.3) is 0 Å². The number of aliphatic hydroxyl groups is 1. The van der Waals surface area contributed by atoms with Crippen LogP contribution in [0.4, 0.5) is 0 Å². The number of hydrogen-bond donors (Lipinski definition) is 2. The molecule has 102 valence electrons. The number of aliphatic hydroxyl groups excluding tert-OH is 1. The second kappa shape index (κ2) is 9.95. The topological polar surface area (TPSA) is 41.5 Å². The van der Waals surface area contributed by atoms with Crippen LogP contribution in [0, 0.1) is 0 Å². The lowest BCUT2D eigenvalue weighted by atomic mass is 10.1. The number of benzene rings is 1. The third-order valence-electron chi connectivity index (χ3n) is 2.40. The normalized spacial score (nSPS) is 11.4. The summed E-state index contributed by atoms with van der Waals surface area (Å²) < 4.78 is 5.61. The maximum absolute atomic E-state index is 9.65. The lowest BCUT2D eigenvalue weighted by Crippen LogP contribution is -2.31. The van der Waals surface area contributed by atoms with Crippen LogP contribution < -0.4 is 10.1 Å². The van der Waals surface area contributed by atoms with Crippen molar-refractivity contribution in [2.24, 2.45) is 0 Å². The lowest BCUT2D eigenvalue weighted by Gasteiger charge is -2.14. The Morgan fingerprint density at radius 3 is 2.83 bits per heavy atom. The van der Waals surface area contributed by atoms with Gasteiger partial charge in [-0.05, 0) is 24.6 Å². The molecular weight excluding hydrogens is 250 g/mol. The van der Waals surface area contributed by atoms with E-state index in [4.69, 9.17) is 4.74 Å². The number of para-hydroxylation sites is 1. The number of nitrogens with one attached hydrogen (secondary N) is 1. The van der Waals surface area contributed by atoms with E-state index in [9.17, 15) is 5.11 Å². The first-order chi connectivity index (χ1) is 8.27. The van der Waals surface area contributed by atoms with Crippen LogP contribution in [-0.4, -0.2) is 30.9 Å². The summed E-state index contributed by atoms with van der Waals surface area (Å²) in [6, 6.07) is 7.83. The molecule has 0 aliphatic heterocycles. The highest BCUT2D eigenvalue weighted by molar-refractivity contribution is 5.85. The molecule has 0 aliphatic rings. The van der Waals surface area contributed by atoms with Crippen molar-refractivity contribution in [2.45, 2.75) is 19.4 Å². The number of ether oxygens (including phenoxy) is 1. The third-order valence-corrected chi connectivity index (χ3v) is 2.40. The Hall–Kier alpha value is -1.03. The van der Waals surface area contributed by atoms with Gasteiger partial charge in [0, 0.05) is 6.54 Å². The van der Waals surface area contributed by atoms with E-state index >= 15 is 0 Å². The summed E-state index contributed by atoms with van der Waals surface area (Å²) in [6.45, 7) is 7.44. The van der Waals surface area contributed by atoms with E-state index in [2.05, 4.69) is 11.9 Å². The highest BCUT2D eigenvalue weighted by atomic mass is 35.5. The van der Waals surface area contributed by atoms with Gasteiger partial charge in [-0.3, -0.25) is 0 Å². The minimum absolute atomic E-state index is 0. The fourth-order valence-electron chi connectivity index (χ4n) is 1.52. The first kappa shape index (κ1) is 17.0. The second-order valence-electron chi connectivity index (χ2n) is 3.87. The Bertz CT molecular complexity index is 344. The van der Waals surface area contributed by atoms with Crippen LogP contribution >= 0.6 is 12.4 Å². The van der Waals surface area contributed by atoms with Crippen molar-refractivity contribution in [3.63, 3.8) is 0 Å². The fraction of sp³-hybridized carbons (Fsp3) is 0.429. The molecule has 0 heterocycles. The number of hydrogen-bond acceptors (Lipinski definition) is 3. The molecule has 0 aromatic heterocycles. The SMILES string of the molecule is C=CCc1ccccc1OCC(O)CNCC.Cl. The van der Waals surface area contributed by atoms with Gasteiger partial charge in [-0.15, -0.1) is 19.0 Å². The molecule has 18 heavy (non-hydrogen) atoms. The van der Waals surface area contributed by atoms with Crippen LogP contribution in [-0.2, 0) is 6.42 Å². The predicted molar refractivity (Wildman–Crippen MR) is 77.6 cm³/mol. The average molecular weight is 272 g/mol. The summed E-state index contributed by atoms with van der Waals surface area (Å²) in [7, 11) is 0. The molecule has 0 aliphatic carbocycles. The molecule has 1 rings (SSSR count). The van der Waals surface area contributed by atoms with Crippen LogP contribution in [0.15, 0.2) is 36.9 Å². The van der Waals surface area contributed by atoms with E-state index in [-0.39, 0.29) is 12.4 Å². The molecule has 1 aromatic carbocycles. The third kappa shape index (κ3) is 6.05. The average Bonchev–Trinajstić information content (AvgIpc) is 2.35. The van der Waals surface area contributed by atoms with Gasteiger partial charge in [0.2, 0.25) is 0 Å². The molecule has 0 bridgehead atoms. The van der Waals surface area contributed by atoms with E-state index in [1.807, 2.05) is 37.3 Å². The Balaban J connectivity index is 0.00000289. The molecule has 0 saturated heterocycles. The Labute approximate surface area is 115 Å². The molecule has 0 amide bonds. The second-order valence-corrected chi connectivity index (χ2v) is 3.87. The lowest BCUT2D eigenvalue weighted by molar-refractivity contribution is 0.106. The zero-order chi connectivity index (χ0) is 12.5. The molecule has 0 saturated carbocycles. The van der Waals surface area contributed by atoms with Crippen LogP contribution in [0.3, 0.4) is 0 Å². The number of rotatable bonds is 8. The van der Waals surface area contributed by atoms with Crippen molar-refractivity contribution in [2.75, 3.05) is 19.7 Å². The molecule has 0 spiro atoms. The molecule has 4 heteroatoms. The number of allylic oxidation sites excluding steroid dienone is 1. The Morgan fingerprint density at radius 1 is 1.44 bits per heavy atom. The molecule has 2 N–H and O–H groups in total. The molecule has 0 fully saturated rings. The van der Waals surface area contributed by atoms with Gasteiger partial charge in [-0.1, -0.05) is 31.2 Å². The fourth-order valence-corrected chi connectivity index (χ4v) is 1.52. The molecule has 1 atom stereocenters. The van der Waals surface area contributed by atoms with E-state index in [0.29, 0.717) is 13.2 Å². The van der Waals surface area contributed by atoms with Crippen LogP contribution in [0.5, 0.6) is 5.75 Å². The standard InChI is InChI=1S/C14H21NO2.ClH/c1-3-7-12-8-5-6-9-14(12)17-11-13(16)10-15-4-2;/h3,5-6,8-9,13,15-16H,1,4,7,10-11H2,2H3;1H. The summed E-state index contributed by atoms with van der Waals surface area (Å²) in [5, 5.41) is 12.7. The van der Waals surface area contributed by atoms with Crippen molar-refractivity contribution in [1.82, 2.24) is 5.32 Å². The van der Waals surface area contributed by atoms with Crippen molar-refractivity contribution in [3.8, 4) is 5.75 Å². The highest BCUT2D eigenvalue weighted by Crippen LogP contribution is 2.18. The number of likely N-dealkylation sites (N-methyl/N-ethyl adjacent to an activating group) is 1. The molecule has 0 radical (unpaired) electrons. The summed E-state index contributed by atoms with van der Waals surface area (Å²) in [5.74, 6) is 0.822. The van der Waals surface area contributed by atoms with Crippen LogP contribution in [0.2, 0.25) is 0 Å². The monoisotopic (exact) mass is 271 g/mol. The zero-order valence-electron chi connectivity index (χ0n) is 10.8. The van der Waals surface area contributed by atoms with E-state index in [0.717, 1.165) is 24.3 Å². The maximum Gasteiger partial charge on any atom is 0.122 e. The molecular formula is C14H22ClNO2. The first-order valence-electron chi connectivity index (χ1n) is 5.98. The summed E-state index contributed by atoms with van der Waals surface area (Å²) in [5.41, 5.74) is 1.10. The van der Waals surface area contributed by atoms with E-state index in [1.54, 1.807) is 0 Å².